The number of carbonyl (C=O) groups is 2. The molecule has 2 aromatic rings. The third-order valence-corrected chi connectivity index (χ3v) is 6.37. The van der Waals surface area contributed by atoms with Crippen LogP contribution in [0.3, 0.4) is 0 Å². The average molecular weight is 477 g/mol. The van der Waals surface area contributed by atoms with Gasteiger partial charge in [-0.2, -0.15) is 5.10 Å². The van der Waals surface area contributed by atoms with Gasteiger partial charge < -0.3 is 14.6 Å². The Morgan fingerprint density at radius 1 is 1.00 bits per heavy atom. The molecule has 1 saturated carbocycles. The molecule has 2 aromatic carbocycles. The van der Waals surface area contributed by atoms with Crippen LogP contribution < -0.4 is 9.47 Å². The normalized spacial score (nSPS) is 20.3. The first kappa shape index (κ1) is 24.5. The molecule has 0 spiro atoms. The van der Waals surface area contributed by atoms with Crippen molar-refractivity contribution in [1.29, 1.82) is 0 Å². The van der Waals surface area contributed by atoms with Crippen LogP contribution in [0.1, 0.15) is 63.1 Å². The first-order valence-corrected chi connectivity index (χ1v) is 12.3. The molecule has 0 aromatic heterocycles. The Bertz CT molecular complexity index is 1110. The van der Waals surface area contributed by atoms with Gasteiger partial charge in [0.15, 0.2) is 0 Å². The molecule has 0 unspecified atom stereocenters. The summed E-state index contributed by atoms with van der Waals surface area (Å²) < 4.78 is 11.1. The number of fused-ring (bicyclic) bond motifs is 1. The van der Waals surface area contributed by atoms with Gasteiger partial charge in [0.25, 0.3) is 0 Å². The molecule has 1 N–H and O–H groups in total. The fraction of sp³-hybridized carbons (Fsp3) is 0.393. The summed E-state index contributed by atoms with van der Waals surface area (Å²) >= 11 is 0. The van der Waals surface area contributed by atoms with Gasteiger partial charge in [0.1, 0.15) is 11.5 Å². The Labute approximate surface area is 206 Å². The van der Waals surface area contributed by atoms with E-state index in [9.17, 15) is 9.59 Å². The number of nitrogens with zero attached hydrogens (tertiary/aromatic N) is 2. The molecule has 1 fully saturated rings. The van der Waals surface area contributed by atoms with Gasteiger partial charge in [-0.05, 0) is 80.2 Å². The zero-order valence-corrected chi connectivity index (χ0v) is 20.3. The minimum Gasteiger partial charge on any atom is -0.494 e. The number of hydrogen-bond donors (Lipinski definition) is 1. The number of ether oxygens (including phenoxy) is 2. The molecule has 184 valence electrons. The third-order valence-electron chi connectivity index (χ3n) is 6.37. The summed E-state index contributed by atoms with van der Waals surface area (Å²) in [5.41, 5.74) is 4.07. The second-order valence-corrected chi connectivity index (χ2v) is 8.73. The minimum absolute atomic E-state index is 0.0596. The van der Waals surface area contributed by atoms with Gasteiger partial charge in [0.05, 0.1) is 31.4 Å². The Balaban J connectivity index is 1.66. The van der Waals surface area contributed by atoms with E-state index in [0.717, 1.165) is 53.2 Å². The van der Waals surface area contributed by atoms with Gasteiger partial charge in [-0.1, -0.05) is 24.3 Å². The summed E-state index contributed by atoms with van der Waals surface area (Å²) in [6, 6.07) is 15.5. The monoisotopic (exact) mass is 476 g/mol. The molecule has 0 radical (unpaired) electrons. The molecule has 2 aliphatic rings. The number of benzene rings is 2. The van der Waals surface area contributed by atoms with Crippen LogP contribution in [0.2, 0.25) is 0 Å². The smallest absolute Gasteiger partial charge is 0.303 e. The molecule has 2 atom stereocenters. The molecule has 0 saturated heterocycles. The average Bonchev–Trinajstić information content (AvgIpc) is 3.25. The van der Waals surface area contributed by atoms with Crippen molar-refractivity contribution in [3.63, 3.8) is 0 Å². The van der Waals surface area contributed by atoms with E-state index in [4.69, 9.17) is 19.7 Å². The van der Waals surface area contributed by atoms with E-state index in [1.165, 1.54) is 5.01 Å². The lowest BCUT2D eigenvalue weighted by molar-refractivity contribution is -0.141. The zero-order chi connectivity index (χ0) is 24.8. The third kappa shape index (κ3) is 5.73. The number of amides is 1. The molecule has 4 rings (SSSR count). The van der Waals surface area contributed by atoms with Crippen LogP contribution in [0.15, 0.2) is 59.2 Å². The summed E-state index contributed by atoms with van der Waals surface area (Å²) in [4.78, 5) is 24.2. The topological polar surface area (TPSA) is 88.4 Å². The Kier molecular flexibility index (Phi) is 7.85. The predicted octanol–water partition coefficient (Wildman–Crippen LogP) is 5.47. The SMILES string of the molecule is CCOc1ccc(/C=C2/CCC[C@@H]3C2=NN(C(=O)CCC(=O)O)[C@@H]3c2ccc(OCC)cc2)cc1. The van der Waals surface area contributed by atoms with Crippen molar-refractivity contribution in [3.8, 4) is 11.5 Å². The van der Waals surface area contributed by atoms with Crippen molar-refractivity contribution in [2.75, 3.05) is 13.2 Å². The molecule has 0 bridgehead atoms. The van der Waals surface area contributed by atoms with Crippen molar-refractivity contribution in [3.05, 3.63) is 65.2 Å². The summed E-state index contributed by atoms with van der Waals surface area (Å²) in [6.07, 6.45) is 4.65. The van der Waals surface area contributed by atoms with Gasteiger partial charge in [0.2, 0.25) is 5.91 Å². The van der Waals surface area contributed by atoms with Gasteiger partial charge in [0, 0.05) is 12.3 Å². The van der Waals surface area contributed by atoms with E-state index in [-0.39, 0.29) is 30.7 Å². The fourth-order valence-electron chi connectivity index (χ4n) is 4.82. The van der Waals surface area contributed by atoms with Crippen molar-refractivity contribution < 1.29 is 24.2 Å². The van der Waals surface area contributed by atoms with E-state index in [1.807, 2.05) is 62.4 Å². The zero-order valence-electron chi connectivity index (χ0n) is 20.3. The van der Waals surface area contributed by atoms with Crippen LogP contribution in [0, 0.1) is 5.92 Å². The van der Waals surface area contributed by atoms with Crippen molar-refractivity contribution in [2.24, 2.45) is 11.0 Å². The van der Waals surface area contributed by atoms with Crippen molar-refractivity contribution in [1.82, 2.24) is 5.01 Å². The number of hydrogen-bond acceptors (Lipinski definition) is 5. The van der Waals surface area contributed by atoms with E-state index in [1.54, 1.807) is 0 Å². The largest absolute Gasteiger partial charge is 0.494 e. The lowest BCUT2D eigenvalue weighted by Gasteiger charge is -2.29. The van der Waals surface area contributed by atoms with Gasteiger partial charge in [-0.15, -0.1) is 0 Å². The van der Waals surface area contributed by atoms with E-state index in [0.29, 0.717) is 13.2 Å². The van der Waals surface area contributed by atoms with E-state index >= 15 is 0 Å². The maximum atomic E-state index is 13.1. The number of aliphatic carboxylic acids is 1. The number of allylic oxidation sites excluding steroid dienone is 1. The molecule has 1 aliphatic heterocycles. The fourth-order valence-corrected chi connectivity index (χ4v) is 4.82. The van der Waals surface area contributed by atoms with Crippen LogP contribution in [-0.4, -0.2) is 40.9 Å². The number of hydrazone groups is 1. The molecule has 7 nitrogen and oxygen atoms in total. The second-order valence-electron chi connectivity index (χ2n) is 8.73. The highest BCUT2D eigenvalue weighted by Gasteiger charge is 2.43. The first-order valence-electron chi connectivity index (χ1n) is 12.3. The Hall–Kier alpha value is -3.61. The molecule has 1 aliphatic carbocycles. The number of carbonyl (C=O) groups excluding carboxylic acids is 1. The lowest BCUT2D eigenvalue weighted by atomic mass is 9.77. The van der Waals surface area contributed by atoms with E-state index < -0.39 is 5.97 Å². The second kappa shape index (κ2) is 11.2. The predicted molar refractivity (Wildman–Crippen MR) is 134 cm³/mol. The van der Waals surface area contributed by atoms with Gasteiger partial charge in [-0.3, -0.25) is 9.59 Å². The maximum Gasteiger partial charge on any atom is 0.303 e. The van der Waals surface area contributed by atoms with Crippen LogP contribution >= 0.6 is 0 Å². The summed E-state index contributed by atoms with van der Waals surface area (Å²) in [5, 5.41) is 15.4. The number of rotatable bonds is 9. The maximum absolute atomic E-state index is 13.1. The van der Waals surface area contributed by atoms with Gasteiger partial charge >= 0.3 is 5.97 Å². The molecule has 1 heterocycles. The summed E-state index contributed by atoms with van der Waals surface area (Å²) in [5.74, 6) is 0.411. The highest BCUT2D eigenvalue weighted by atomic mass is 16.5. The highest BCUT2D eigenvalue weighted by molar-refractivity contribution is 6.08. The van der Waals surface area contributed by atoms with Crippen LogP contribution in [0.25, 0.3) is 6.08 Å². The molecule has 7 heteroatoms. The van der Waals surface area contributed by atoms with E-state index in [2.05, 4.69) is 6.08 Å². The van der Waals surface area contributed by atoms with Crippen molar-refractivity contribution >= 4 is 23.7 Å². The first-order chi connectivity index (χ1) is 17.0. The van der Waals surface area contributed by atoms with Crippen LogP contribution in [-0.2, 0) is 9.59 Å². The summed E-state index contributed by atoms with van der Waals surface area (Å²) in [6.45, 7) is 5.10. The van der Waals surface area contributed by atoms with Gasteiger partial charge in [-0.25, -0.2) is 5.01 Å². The highest BCUT2D eigenvalue weighted by Crippen LogP contribution is 2.45. The quantitative estimate of drug-likeness (QED) is 0.518. The minimum atomic E-state index is -0.990. The van der Waals surface area contributed by atoms with Crippen molar-refractivity contribution in [2.45, 2.75) is 52.0 Å². The Morgan fingerprint density at radius 3 is 2.23 bits per heavy atom. The number of carboxylic acid groups (broad SMARTS) is 1. The molecule has 1 amide bonds. The lowest BCUT2D eigenvalue weighted by Crippen LogP contribution is -2.32. The molecular formula is C28H32N2O5. The van der Waals surface area contributed by atoms with Crippen LogP contribution in [0.4, 0.5) is 0 Å². The molecular weight excluding hydrogens is 444 g/mol. The van der Waals surface area contributed by atoms with Crippen LogP contribution in [0.5, 0.6) is 11.5 Å². The Morgan fingerprint density at radius 2 is 1.63 bits per heavy atom. The number of carboxylic acids is 1. The standard InChI is InChI=1S/C28H32N2O5/c1-3-34-22-12-8-19(9-13-22)18-21-6-5-7-24-27(21)29-30(25(31)16-17-26(32)33)28(24)20-10-14-23(15-11-20)35-4-2/h8-15,18,24,28H,3-7,16-17H2,1-2H3,(H,32,33)/b21-18-/t24-,28-/m1/s1. The summed E-state index contributed by atoms with van der Waals surface area (Å²) in [7, 11) is 0. The molecule has 35 heavy (non-hydrogen) atoms.